The Labute approximate surface area is 75.7 Å². The van der Waals surface area contributed by atoms with Crippen LogP contribution < -0.4 is 5.32 Å². The van der Waals surface area contributed by atoms with E-state index in [0.29, 0.717) is 6.04 Å². The number of hydrogen-bond donors (Lipinski definition) is 1. The minimum absolute atomic E-state index is 0.687. The van der Waals surface area contributed by atoms with Crippen molar-refractivity contribution >= 4 is 0 Å². The summed E-state index contributed by atoms with van der Waals surface area (Å²) in [6.07, 6.45) is 6.84. The molecule has 0 saturated heterocycles. The molecule has 0 radical (unpaired) electrons. The predicted octanol–water partition coefficient (Wildman–Crippen LogP) is 1.80. The van der Waals surface area contributed by atoms with E-state index in [-0.39, 0.29) is 0 Å². The smallest absolute Gasteiger partial charge is 0.0477 e. The Morgan fingerprint density at radius 3 is 2.58 bits per heavy atom. The summed E-state index contributed by atoms with van der Waals surface area (Å²) in [6.45, 7) is 0.891. The molecule has 1 rings (SSSR count). The molecule has 0 aromatic rings. The highest BCUT2D eigenvalue weighted by Gasteiger charge is 2.22. The van der Waals surface area contributed by atoms with Gasteiger partial charge in [0.1, 0.15) is 0 Å². The van der Waals surface area contributed by atoms with Crippen LogP contribution in [0.4, 0.5) is 0 Å². The number of rotatable bonds is 5. The second-order valence-electron chi connectivity index (χ2n) is 3.72. The van der Waals surface area contributed by atoms with Crippen molar-refractivity contribution in [3.63, 3.8) is 0 Å². The Kier molecular flexibility index (Phi) is 4.62. The van der Waals surface area contributed by atoms with Gasteiger partial charge >= 0.3 is 0 Å². The molecule has 1 aliphatic rings. The van der Waals surface area contributed by atoms with Crippen molar-refractivity contribution < 1.29 is 4.74 Å². The second-order valence-corrected chi connectivity index (χ2v) is 3.72. The van der Waals surface area contributed by atoms with Crippen LogP contribution in [0.25, 0.3) is 0 Å². The molecule has 1 saturated carbocycles. The van der Waals surface area contributed by atoms with Gasteiger partial charge in [-0.3, -0.25) is 0 Å². The first kappa shape index (κ1) is 10.0. The fourth-order valence-corrected chi connectivity index (χ4v) is 2.22. The summed E-state index contributed by atoms with van der Waals surface area (Å²) < 4.78 is 5.09. The molecule has 12 heavy (non-hydrogen) atoms. The molecule has 1 fully saturated rings. The van der Waals surface area contributed by atoms with Crippen LogP contribution in [0.1, 0.15) is 32.1 Å². The van der Waals surface area contributed by atoms with E-state index >= 15 is 0 Å². The average Bonchev–Trinajstić information content (AvgIpc) is 2.59. The van der Waals surface area contributed by atoms with E-state index in [0.717, 1.165) is 18.9 Å². The first-order valence-electron chi connectivity index (χ1n) is 5.04. The highest BCUT2D eigenvalue weighted by atomic mass is 16.5. The van der Waals surface area contributed by atoms with Gasteiger partial charge in [0, 0.05) is 19.8 Å². The van der Waals surface area contributed by atoms with Crippen molar-refractivity contribution in [2.24, 2.45) is 5.92 Å². The topological polar surface area (TPSA) is 21.3 Å². The van der Waals surface area contributed by atoms with Crippen LogP contribution >= 0.6 is 0 Å². The Bertz CT molecular complexity index is 110. The SMILES string of the molecule is CNC(CCOC)C1CCCC1. The molecule has 0 aliphatic heterocycles. The van der Waals surface area contributed by atoms with E-state index in [1.165, 1.54) is 25.7 Å². The van der Waals surface area contributed by atoms with Crippen molar-refractivity contribution in [2.75, 3.05) is 20.8 Å². The number of nitrogens with one attached hydrogen (secondary N) is 1. The number of hydrogen-bond acceptors (Lipinski definition) is 2. The van der Waals surface area contributed by atoms with Crippen LogP contribution in [-0.2, 0) is 4.74 Å². The van der Waals surface area contributed by atoms with Gasteiger partial charge in [-0.05, 0) is 32.2 Å². The van der Waals surface area contributed by atoms with Gasteiger partial charge in [0.15, 0.2) is 0 Å². The van der Waals surface area contributed by atoms with E-state index in [2.05, 4.69) is 12.4 Å². The van der Waals surface area contributed by atoms with Crippen LogP contribution in [0, 0.1) is 5.92 Å². The lowest BCUT2D eigenvalue weighted by Crippen LogP contribution is -2.33. The summed E-state index contributed by atoms with van der Waals surface area (Å²) >= 11 is 0. The van der Waals surface area contributed by atoms with Gasteiger partial charge in [0.05, 0.1) is 0 Å². The molecule has 0 spiro atoms. The first-order valence-corrected chi connectivity index (χ1v) is 5.04. The molecular weight excluding hydrogens is 150 g/mol. The van der Waals surface area contributed by atoms with E-state index in [1.54, 1.807) is 7.11 Å². The molecule has 2 nitrogen and oxygen atoms in total. The van der Waals surface area contributed by atoms with Crippen LogP contribution in [0.15, 0.2) is 0 Å². The largest absolute Gasteiger partial charge is 0.385 e. The van der Waals surface area contributed by atoms with Gasteiger partial charge in [0.2, 0.25) is 0 Å². The lowest BCUT2D eigenvalue weighted by Gasteiger charge is -2.22. The van der Waals surface area contributed by atoms with Crippen molar-refractivity contribution in [1.82, 2.24) is 5.32 Å². The van der Waals surface area contributed by atoms with E-state index < -0.39 is 0 Å². The first-order chi connectivity index (χ1) is 5.88. The zero-order valence-electron chi connectivity index (χ0n) is 8.31. The monoisotopic (exact) mass is 171 g/mol. The van der Waals surface area contributed by atoms with Crippen molar-refractivity contribution in [3.05, 3.63) is 0 Å². The summed E-state index contributed by atoms with van der Waals surface area (Å²) in [7, 11) is 3.85. The fraction of sp³-hybridized carbons (Fsp3) is 1.00. The van der Waals surface area contributed by atoms with Crippen molar-refractivity contribution in [1.29, 1.82) is 0 Å². The van der Waals surface area contributed by atoms with Gasteiger partial charge in [-0.2, -0.15) is 0 Å². The summed E-state index contributed by atoms with van der Waals surface area (Å²) in [5.41, 5.74) is 0. The molecule has 0 aromatic carbocycles. The lowest BCUT2D eigenvalue weighted by atomic mass is 9.96. The summed E-state index contributed by atoms with van der Waals surface area (Å²) in [4.78, 5) is 0. The highest BCUT2D eigenvalue weighted by molar-refractivity contribution is 4.79. The molecule has 1 atom stereocenters. The summed E-state index contributed by atoms with van der Waals surface area (Å²) in [5, 5.41) is 3.40. The van der Waals surface area contributed by atoms with E-state index in [4.69, 9.17) is 4.74 Å². The Hall–Kier alpha value is -0.0800. The maximum Gasteiger partial charge on any atom is 0.0477 e. The van der Waals surface area contributed by atoms with E-state index in [1.807, 2.05) is 0 Å². The van der Waals surface area contributed by atoms with Gasteiger partial charge in [-0.25, -0.2) is 0 Å². The van der Waals surface area contributed by atoms with Crippen molar-refractivity contribution in [2.45, 2.75) is 38.1 Å². The second kappa shape index (κ2) is 5.55. The van der Waals surface area contributed by atoms with Gasteiger partial charge in [-0.15, -0.1) is 0 Å². The molecule has 1 unspecified atom stereocenters. The molecule has 0 bridgehead atoms. The Balaban J connectivity index is 2.22. The molecule has 1 aliphatic carbocycles. The van der Waals surface area contributed by atoms with Crippen molar-refractivity contribution in [3.8, 4) is 0 Å². The third-order valence-corrected chi connectivity index (χ3v) is 2.97. The molecule has 2 heteroatoms. The highest BCUT2D eigenvalue weighted by Crippen LogP contribution is 2.28. The van der Waals surface area contributed by atoms with Crippen LogP contribution in [-0.4, -0.2) is 26.8 Å². The molecular formula is C10H21NO. The summed E-state index contributed by atoms with van der Waals surface area (Å²) in [5.74, 6) is 0.908. The van der Waals surface area contributed by atoms with Crippen LogP contribution in [0.2, 0.25) is 0 Å². The standard InChI is InChI=1S/C10H21NO/c1-11-10(7-8-12-2)9-5-3-4-6-9/h9-11H,3-8H2,1-2H3. The minimum Gasteiger partial charge on any atom is -0.385 e. The molecule has 0 aromatic heterocycles. The van der Waals surface area contributed by atoms with Crippen LogP contribution in [0.5, 0.6) is 0 Å². The molecule has 72 valence electrons. The normalized spacial score (nSPS) is 21.5. The zero-order valence-corrected chi connectivity index (χ0v) is 8.31. The molecule has 0 heterocycles. The average molecular weight is 171 g/mol. The Morgan fingerprint density at radius 2 is 2.08 bits per heavy atom. The molecule has 0 amide bonds. The predicted molar refractivity (Wildman–Crippen MR) is 51.3 cm³/mol. The minimum atomic E-state index is 0.687. The van der Waals surface area contributed by atoms with E-state index in [9.17, 15) is 0 Å². The lowest BCUT2D eigenvalue weighted by molar-refractivity contribution is 0.172. The quantitative estimate of drug-likeness (QED) is 0.681. The Morgan fingerprint density at radius 1 is 1.42 bits per heavy atom. The third-order valence-electron chi connectivity index (χ3n) is 2.97. The van der Waals surface area contributed by atoms with Crippen LogP contribution in [0.3, 0.4) is 0 Å². The number of ether oxygens (including phenoxy) is 1. The molecule has 1 N–H and O–H groups in total. The number of methoxy groups -OCH3 is 1. The third kappa shape index (κ3) is 2.76. The van der Waals surface area contributed by atoms with Gasteiger partial charge < -0.3 is 10.1 Å². The maximum absolute atomic E-state index is 5.09. The van der Waals surface area contributed by atoms with Gasteiger partial charge in [-0.1, -0.05) is 12.8 Å². The zero-order chi connectivity index (χ0) is 8.81. The summed E-state index contributed by atoms with van der Waals surface area (Å²) in [6, 6.07) is 0.687. The van der Waals surface area contributed by atoms with Gasteiger partial charge in [0.25, 0.3) is 0 Å². The maximum atomic E-state index is 5.09. The fourth-order valence-electron chi connectivity index (χ4n) is 2.22.